The molecule has 0 radical (unpaired) electrons. The Morgan fingerprint density at radius 2 is 1.80 bits per heavy atom. The lowest BCUT2D eigenvalue weighted by atomic mass is 9.85. The Bertz CT molecular complexity index is 1340. The minimum atomic E-state index is -0.963. The summed E-state index contributed by atoms with van der Waals surface area (Å²) in [6.45, 7) is 5.95. The molecule has 1 aliphatic heterocycles. The Hall–Kier alpha value is -2.97. The molecule has 0 bridgehead atoms. The van der Waals surface area contributed by atoms with Crippen molar-refractivity contribution in [3.63, 3.8) is 0 Å². The lowest BCUT2D eigenvalue weighted by Gasteiger charge is -2.29. The lowest BCUT2D eigenvalue weighted by molar-refractivity contribution is -0.147. The Morgan fingerprint density at radius 1 is 1.07 bits per heavy atom. The van der Waals surface area contributed by atoms with E-state index in [1.165, 1.54) is 23.3 Å². The second-order valence-corrected chi connectivity index (χ2v) is 13.4. The van der Waals surface area contributed by atoms with Gasteiger partial charge in [-0.1, -0.05) is 42.3 Å². The Labute approximate surface area is 244 Å². The second-order valence-electron chi connectivity index (χ2n) is 10.5. The molecule has 2 N–H and O–H groups in total. The predicted octanol–water partition coefficient (Wildman–Crippen LogP) is 7.48. The van der Waals surface area contributed by atoms with Gasteiger partial charge in [-0.25, -0.2) is 0 Å². The van der Waals surface area contributed by atoms with Crippen LogP contribution < -0.4 is 0 Å². The van der Waals surface area contributed by atoms with Gasteiger partial charge in [-0.2, -0.15) is 0 Å². The van der Waals surface area contributed by atoms with Crippen molar-refractivity contribution >= 4 is 41.1 Å². The monoisotopic (exact) mass is 580 g/mol. The smallest absolute Gasteiger partial charge is 0.306 e. The van der Waals surface area contributed by atoms with Crippen LogP contribution in [0.15, 0.2) is 59.7 Å². The summed E-state index contributed by atoms with van der Waals surface area (Å²) in [6.07, 6.45) is 6.20. The zero-order valence-electron chi connectivity index (χ0n) is 23.1. The molecule has 0 spiro atoms. The molecular formula is C32H36O6S2. The number of phenolic OH excluding ortho intramolecular Hbond substituents is 2. The molecule has 1 fully saturated rings. The number of aryl methyl sites for hydroxylation is 1. The molecule has 6 nitrogen and oxygen atoms in total. The van der Waals surface area contributed by atoms with Crippen molar-refractivity contribution in [1.29, 1.82) is 0 Å². The van der Waals surface area contributed by atoms with Crippen LogP contribution in [0.3, 0.4) is 0 Å². The normalized spacial score (nSPS) is 19.4. The number of carbonyl (C=O) groups is 3. The molecular weight excluding hydrogens is 544 g/mol. The van der Waals surface area contributed by atoms with E-state index in [1.807, 2.05) is 43.4 Å². The van der Waals surface area contributed by atoms with Crippen LogP contribution in [0.1, 0.15) is 88.8 Å². The number of phenols is 2. The number of Topliss-reactive ketones (excluding diaryl/α,β-unsaturated/α-hetero) is 1. The predicted molar refractivity (Wildman–Crippen MR) is 161 cm³/mol. The van der Waals surface area contributed by atoms with Gasteiger partial charge in [0.2, 0.25) is 0 Å². The summed E-state index contributed by atoms with van der Waals surface area (Å²) < 4.78 is 6.19. The first-order valence-corrected chi connectivity index (χ1v) is 15.7. The van der Waals surface area contributed by atoms with Crippen molar-refractivity contribution in [3.8, 4) is 11.5 Å². The molecule has 4 rings (SSSR count). The van der Waals surface area contributed by atoms with Crippen molar-refractivity contribution in [2.24, 2.45) is 0 Å². The maximum absolute atomic E-state index is 13.3. The summed E-state index contributed by atoms with van der Waals surface area (Å²) in [7, 11) is 0. The second kappa shape index (κ2) is 13.6. The van der Waals surface area contributed by atoms with Gasteiger partial charge in [0.1, 0.15) is 17.6 Å². The number of ether oxygens (including phenoxy) is 1. The van der Waals surface area contributed by atoms with Crippen LogP contribution in [-0.2, 0) is 9.53 Å². The first-order valence-electron chi connectivity index (χ1n) is 13.7. The van der Waals surface area contributed by atoms with E-state index < -0.39 is 29.4 Å². The lowest BCUT2D eigenvalue weighted by Crippen LogP contribution is -2.29. The van der Waals surface area contributed by atoms with Gasteiger partial charge in [0.05, 0.1) is 15.7 Å². The van der Waals surface area contributed by atoms with Gasteiger partial charge in [0.15, 0.2) is 11.6 Å². The SMILES string of the molecule is CC(C)=CC[C@@H](OC(=O)CCCC[C@@H]1CCSC(c2ccccc2C)S1)C1=CC(=O)c2c(O)ccc(O)c2C1=O. The fourth-order valence-electron chi connectivity index (χ4n) is 4.98. The summed E-state index contributed by atoms with van der Waals surface area (Å²) in [6, 6.07) is 10.9. The molecule has 3 atom stereocenters. The molecule has 2 aliphatic rings. The number of hydrogen-bond donors (Lipinski definition) is 2. The first kappa shape index (κ1) is 30.0. The van der Waals surface area contributed by atoms with Gasteiger partial charge >= 0.3 is 5.97 Å². The fraction of sp³-hybridized carbons (Fsp3) is 0.406. The first-order chi connectivity index (χ1) is 19.2. The number of aromatic hydroxyl groups is 2. The van der Waals surface area contributed by atoms with Crippen LogP contribution >= 0.6 is 23.5 Å². The van der Waals surface area contributed by atoms with Crippen LogP contribution in [0.25, 0.3) is 0 Å². The van der Waals surface area contributed by atoms with Crippen molar-refractivity contribution in [2.75, 3.05) is 5.75 Å². The molecule has 8 heteroatoms. The van der Waals surface area contributed by atoms with Crippen LogP contribution in [0, 0.1) is 6.92 Å². The molecule has 0 aromatic heterocycles. The average Bonchev–Trinajstić information content (AvgIpc) is 2.92. The number of hydrogen-bond acceptors (Lipinski definition) is 8. The standard InChI is InChI=1S/C32H36O6S2/c1-19(2)12-15-27(23-18-26(35)29-24(33)13-14-25(34)30(29)31(23)37)38-28(36)11-7-5-9-21-16-17-39-32(40-21)22-10-6-4-8-20(22)3/h4,6,8,10,12-14,18,21,27,32-34H,5,7,9,11,15-17H2,1-3H3/t21-,27-,32?/m1/s1. The summed E-state index contributed by atoms with van der Waals surface area (Å²) in [5, 5.41) is 20.9. The van der Waals surface area contributed by atoms with Gasteiger partial charge < -0.3 is 14.9 Å². The number of fused-ring (bicyclic) bond motifs is 1. The van der Waals surface area contributed by atoms with E-state index in [9.17, 15) is 24.6 Å². The molecule has 0 amide bonds. The highest BCUT2D eigenvalue weighted by molar-refractivity contribution is 8.17. The molecule has 0 saturated carbocycles. The molecule has 1 aliphatic carbocycles. The maximum Gasteiger partial charge on any atom is 0.306 e. The Kier molecular flexibility index (Phi) is 10.2. The van der Waals surface area contributed by atoms with Crippen molar-refractivity contribution in [2.45, 2.75) is 75.2 Å². The fourth-order valence-corrected chi connectivity index (χ4v) is 8.60. The van der Waals surface area contributed by atoms with Gasteiger partial charge in [-0.05, 0) is 75.1 Å². The number of benzene rings is 2. The number of allylic oxidation sites excluding steroid dienone is 2. The van der Waals surface area contributed by atoms with E-state index in [4.69, 9.17) is 4.74 Å². The molecule has 1 saturated heterocycles. The van der Waals surface area contributed by atoms with Gasteiger partial charge in [0, 0.05) is 23.7 Å². The van der Waals surface area contributed by atoms with Crippen molar-refractivity contribution in [1.82, 2.24) is 0 Å². The maximum atomic E-state index is 13.3. The van der Waals surface area contributed by atoms with Crippen LogP contribution in [0.5, 0.6) is 11.5 Å². The van der Waals surface area contributed by atoms with Gasteiger partial charge in [0.25, 0.3) is 0 Å². The minimum Gasteiger partial charge on any atom is -0.507 e. The van der Waals surface area contributed by atoms with Gasteiger partial charge in [-0.3, -0.25) is 14.4 Å². The molecule has 1 heterocycles. The topological polar surface area (TPSA) is 101 Å². The third-order valence-corrected chi connectivity index (χ3v) is 10.3. The van der Waals surface area contributed by atoms with Gasteiger partial charge in [-0.15, -0.1) is 23.5 Å². The van der Waals surface area contributed by atoms with E-state index in [1.54, 1.807) is 0 Å². The Morgan fingerprint density at radius 3 is 2.52 bits per heavy atom. The summed E-state index contributed by atoms with van der Waals surface area (Å²) >= 11 is 4.02. The molecule has 40 heavy (non-hydrogen) atoms. The van der Waals surface area contributed by atoms with E-state index in [2.05, 4.69) is 31.2 Å². The number of carbonyl (C=O) groups excluding carboxylic acids is 3. The molecule has 2 aromatic carbocycles. The highest BCUT2D eigenvalue weighted by atomic mass is 32.2. The van der Waals surface area contributed by atoms with E-state index in [0.29, 0.717) is 16.3 Å². The Balaban J connectivity index is 1.35. The van der Waals surface area contributed by atoms with E-state index in [0.717, 1.165) is 36.7 Å². The zero-order chi connectivity index (χ0) is 28.8. The highest BCUT2D eigenvalue weighted by Crippen LogP contribution is 2.49. The van der Waals surface area contributed by atoms with Crippen molar-refractivity contribution < 1.29 is 29.3 Å². The minimum absolute atomic E-state index is 0.00241. The van der Waals surface area contributed by atoms with Crippen LogP contribution in [0.4, 0.5) is 0 Å². The number of ketones is 2. The number of esters is 1. The molecule has 2 aromatic rings. The number of unbranched alkanes of at least 4 members (excludes halogenated alkanes) is 1. The summed E-state index contributed by atoms with van der Waals surface area (Å²) in [4.78, 5) is 38.9. The third kappa shape index (κ3) is 7.21. The third-order valence-electron chi connectivity index (χ3n) is 7.17. The van der Waals surface area contributed by atoms with E-state index in [-0.39, 0.29) is 35.3 Å². The van der Waals surface area contributed by atoms with Crippen molar-refractivity contribution in [3.05, 3.63) is 82.0 Å². The molecule has 1 unspecified atom stereocenters. The quantitative estimate of drug-likeness (QED) is 0.129. The highest BCUT2D eigenvalue weighted by Gasteiger charge is 2.35. The number of thioether (sulfide) groups is 2. The average molecular weight is 581 g/mol. The largest absolute Gasteiger partial charge is 0.507 e. The van der Waals surface area contributed by atoms with Crippen LogP contribution in [-0.4, -0.2) is 44.9 Å². The van der Waals surface area contributed by atoms with E-state index >= 15 is 0 Å². The van der Waals surface area contributed by atoms with Crippen LogP contribution in [0.2, 0.25) is 0 Å². The zero-order valence-corrected chi connectivity index (χ0v) is 24.8. The number of rotatable bonds is 10. The molecule has 212 valence electrons. The summed E-state index contributed by atoms with van der Waals surface area (Å²) in [5.41, 5.74) is 3.20. The summed E-state index contributed by atoms with van der Waals surface area (Å²) in [5.74, 6) is -1.30.